The third kappa shape index (κ3) is 1.64. The van der Waals surface area contributed by atoms with Crippen molar-refractivity contribution in [2.75, 3.05) is 13.6 Å². The van der Waals surface area contributed by atoms with Crippen LogP contribution in [-0.4, -0.2) is 24.1 Å². The standard InChI is InChI=1S/C9H14N2OS/c1-6-3-7(11-2)4-8(12)9(6,13)5-10/h3-4,11,13H,5,10H2,1-2H3. The zero-order valence-corrected chi connectivity index (χ0v) is 8.69. The number of allylic oxidation sites excluding steroid dienone is 2. The molecule has 72 valence electrons. The molecular formula is C9H14N2OS. The van der Waals surface area contributed by atoms with Crippen LogP contribution in [0.1, 0.15) is 6.92 Å². The molecule has 0 aliphatic heterocycles. The smallest absolute Gasteiger partial charge is 0.178 e. The third-order valence-electron chi connectivity index (χ3n) is 2.30. The Morgan fingerprint density at radius 3 is 2.62 bits per heavy atom. The van der Waals surface area contributed by atoms with Crippen molar-refractivity contribution in [3.8, 4) is 0 Å². The van der Waals surface area contributed by atoms with E-state index in [1.165, 1.54) is 6.08 Å². The second-order valence-corrected chi connectivity index (χ2v) is 3.87. The summed E-state index contributed by atoms with van der Waals surface area (Å²) in [7, 11) is 1.77. The molecule has 3 nitrogen and oxygen atoms in total. The predicted molar refractivity (Wildman–Crippen MR) is 56.7 cm³/mol. The van der Waals surface area contributed by atoms with Crippen LogP contribution in [0.5, 0.6) is 0 Å². The zero-order valence-electron chi connectivity index (χ0n) is 7.79. The van der Waals surface area contributed by atoms with Crippen LogP contribution in [-0.2, 0) is 4.79 Å². The van der Waals surface area contributed by atoms with Gasteiger partial charge in [0.2, 0.25) is 0 Å². The van der Waals surface area contributed by atoms with E-state index in [9.17, 15) is 4.79 Å². The maximum absolute atomic E-state index is 11.6. The lowest BCUT2D eigenvalue weighted by atomic mass is 9.89. The van der Waals surface area contributed by atoms with Crippen molar-refractivity contribution in [2.24, 2.45) is 5.73 Å². The molecule has 0 amide bonds. The quantitative estimate of drug-likeness (QED) is 0.557. The van der Waals surface area contributed by atoms with Gasteiger partial charge < -0.3 is 11.1 Å². The first kappa shape index (κ1) is 10.3. The fourth-order valence-corrected chi connectivity index (χ4v) is 1.38. The highest BCUT2D eigenvalue weighted by Gasteiger charge is 2.35. The van der Waals surface area contributed by atoms with Gasteiger partial charge >= 0.3 is 0 Å². The molecule has 0 aromatic carbocycles. The van der Waals surface area contributed by atoms with Gasteiger partial charge in [0.15, 0.2) is 5.78 Å². The molecule has 0 saturated carbocycles. The largest absolute Gasteiger partial charge is 0.388 e. The van der Waals surface area contributed by atoms with Crippen LogP contribution >= 0.6 is 12.6 Å². The van der Waals surface area contributed by atoms with Gasteiger partial charge in [-0.3, -0.25) is 4.79 Å². The summed E-state index contributed by atoms with van der Waals surface area (Å²) >= 11 is 4.30. The molecule has 0 heterocycles. The topological polar surface area (TPSA) is 55.1 Å². The Morgan fingerprint density at radius 2 is 2.23 bits per heavy atom. The molecule has 0 spiro atoms. The van der Waals surface area contributed by atoms with Crippen LogP contribution in [0, 0.1) is 0 Å². The van der Waals surface area contributed by atoms with Gasteiger partial charge in [-0.05, 0) is 18.6 Å². The number of likely N-dealkylation sites (N-methyl/N-ethyl adjacent to an activating group) is 1. The molecule has 4 heteroatoms. The number of carbonyl (C=O) groups is 1. The van der Waals surface area contributed by atoms with E-state index in [0.29, 0.717) is 0 Å². The number of ketones is 1. The molecule has 0 bridgehead atoms. The molecule has 1 aliphatic carbocycles. The molecule has 1 unspecified atom stereocenters. The Balaban J connectivity index is 3.06. The van der Waals surface area contributed by atoms with Gasteiger partial charge in [-0.15, -0.1) is 0 Å². The molecule has 0 aromatic heterocycles. The van der Waals surface area contributed by atoms with Crippen molar-refractivity contribution in [1.82, 2.24) is 5.32 Å². The SMILES string of the molecule is CNC1=CC(=O)C(S)(CN)C(C)=C1. The molecule has 0 fully saturated rings. The summed E-state index contributed by atoms with van der Waals surface area (Å²) in [5, 5.41) is 2.92. The Kier molecular flexibility index (Phi) is 2.83. The Bertz CT molecular complexity index is 296. The summed E-state index contributed by atoms with van der Waals surface area (Å²) < 4.78 is -0.805. The Labute approximate surface area is 83.5 Å². The van der Waals surface area contributed by atoms with Crippen LogP contribution in [0.4, 0.5) is 0 Å². The first-order valence-corrected chi connectivity index (χ1v) is 4.54. The molecule has 0 aromatic rings. The number of nitrogens with one attached hydrogen (secondary N) is 1. The highest BCUT2D eigenvalue weighted by Crippen LogP contribution is 2.29. The van der Waals surface area contributed by atoms with Gasteiger partial charge in [0.05, 0.1) is 0 Å². The van der Waals surface area contributed by atoms with E-state index in [1.807, 2.05) is 13.0 Å². The molecule has 1 rings (SSSR count). The first-order chi connectivity index (χ1) is 6.04. The number of thiol groups is 1. The normalized spacial score (nSPS) is 28.2. The summed E-state index contributed by atoms with van der Waals surface area (Å²) in [6, 6.07) is 0. The average molecular weight is 198 g/mol. The lowest BCUT2D eigenvalue weighted by molar-refractivity contribution is -0.115. The maximum Gasteiger partial charge on any atom is 0.178 e. The van der Waals surface area contributed by atoms with Crippen molar-refractivity contribution < 1.29 is 4.79 Å². The van der Waals surface area contributed by atoms with Gasteiger partial charge in [0.25, 0.3) is 0 Å². The number of nitrogens with two attached hydrogens (primary N) is 1. The number of hydrogen-bond acceptors (Lipinski definition) is 4. The van der Waals surface area contributed by atoms with E-state index in [-0.39, 0.29) is 12.3 Å². The van der Waals surface area contributed by atoms with Crippen molar-refractivity contribution in [1.29, 1.82) is 0 Å². The van der Waals surface area contributed by atoms with Gasteiger partial charge in [-0.1, -0.05) is 0 Å². The van der Waals surface area contributed by atoms with Gasteiger partial charge in [0.1, 0.15) is 4.75 Å². The summed E-state index contributed by atoms with van der Waals surface area (Å²) in [6.07, 6.45) is 3.42. The van der Waals surface area contributed by atoms with Crippen molar-refractivity contribution in [2.45, 2.75) is 11.7 Å². The van der Waals surface area contributed by atoms with Gasteiger partial charge in [-0.2, -0.15) is 12.6 Å². The number of rotatable bonds is 2. The molecule has 1 aliphatic rings. The average Bonchev–Trinajstić information content (AvgIpc) is 2.13. The Hall–Kier alpha value is -0.740. The molecule has 0 radical (unpaired) electrons. The predicted octanol–water partition coefficient (Wildman–Crippen LogP) is 0.246. The summed E-state index contributed by atoms with van der Waals surface area (Å²) in [5.74, 6) is -0.0531. The maximum atomic E-state index is 11.6. The van der Waals surface area contributed by atoms with Gasteiger partial charge in [0, 0.05) is 25.4 Å². The third-order valence-corrected chi connectivity index (χ3v) is 3.06. The number of hydrogen-bond donors (Lipinski definition) is 3. The summed E-state index contributed by atoms with van der Waals surface area (Å²) in [4.78, 5) is 11.6. The van der Waals surface area contributed by atoms with E-state index in [4.69, 9.17) is 5.73 Å². The first-order valence-electron chi connectivity index (χ1n) is 4.09. The fraction of sp³-hybridized carbons (Fsp3) is 0.444. The van der Waals surface area contributed by atoms with Crippen LogP contribution in [0.3, 0.4) is 0 Å². The molecule has 13 heavy (non-hydrogen) atoms. The minimum atomic E-state index is -0.805. The monoisotopic (exact) mass is 198 g/mol. The number of carbonyl (C=O) groups excluding carboxylic acids is 1. The minimum Gasteiger partial charge on any atom is -0.388 e. The van der Waals surface area contributed by atoms with E-state index < -0.39 is 4.75 Å². The zero-order chi connectivity index (χ0) is 10.1. The fourth-order valence-electron chi connectivity index (χ4n) is 1.26. The molecular weight excluding hydrogens is 184 g/mol. The van der Waals surface area contributed by atoms with E-state index in [2.05, 4.69) is 17.9 Å². The van der Waals surface area contributed by atoms with Crippen molar-refractivity contribution >= 4 is 18.4 Å². The molecule has 3 N–H and O–H groups in total. The molecule has 1 atom stereocenters. The highest BCUT2D eigenvalue weighted by atomic mass is 32.1. The van der Waals surface area contributed by atoms with Crippen LogP contribution in [0.25, 0.3) is 0 Å². The summed E-state index contributed by atoms with van der Waals surface area (Å²) in [6.45, 7) is 2.09. The molecule has 0 saturated heterocycles. The lowest BCUT2D eigenvalue weighted by Gasteiger charge is -2.28. The second-order valence-electron chi connectivity index (χ2n) is 3.11. The lowest BCUT2D eigenvalue weighted by Crippen LogP contribution is -2.43. The summed E-state index contributed by atoms with van der Waals surface area (Å²) in [5.41, 5.74) is 7.21. The van der Waals surface area contributed by atoms with Crippen LogP contribution in [0.15, 0.2) is 23.4 Å². The van der Waals surface area contributed by atoms with Crippen LogP contribution in [0.2, 0.25) is 0 Å². The Morgan fingerprint density at radius 1 is 1.62 bits per heavy atom. The van der Waals surface area contributed by atoms with Gasteiger partial charge in [-0.25, -0.2) is 0 Å². The van der Waals surface area contributed by atoms with Crippen molar-refractivity contribution in [3.05, 3.63) is 23.4 Å². The minimum absolute atomic E-state index is 0.0531. The van der Waals surface area contributed by atoms with E-state index in [1.54, 1.807) is 7.05 Å². The second kappa shape index (κ2) is 3.55. The highest BCUT2D eigenvalue weighted by molar-refractivity contribution is 7.83. The van der Waals surface area contributed by atoms with E-state index in [0.717, 1.165) is 11.3 Å². The van der Waals surface area contributed by atoms with Crippen molar-refractivity contribution in [3.63, 3.8) is 0 Å². The van der Waals surface area contributed by atoms with Crippen LogP contribution < -0.4 is 11.1 Å². The van der Waals surface area contributed by atoms with E-state index >= 15 is 0 Å².